The van der Waals surface area contributed by atoms with Gasteiger partial charge < -0.3 is 15.6 Å². The smallest absolute Gasteiger partial charge is 0.256 e. The first-order valence-electron chi connectivity index (χ1n) is 10.3. The van der Waals surface area contributed by atoms with Gasteiger partial charge in [0.1, 0.15) is 6.04 Å². The lowest BCUT2D eigenvalue weighted by Crippen LogP contribution is -2.50. The fourth-order valence-corrected chi connectivity index (χ4v) is 5.00. The number of hydrogen-bond acceptors (Lipinski definition) is 4. The second-order valence-corrected chi connectivity index (χ2v) is 8.43. The minimum absolute atomic E-state index is 0.166. The molecule has 158 valence electrons. The molecule has 0 spiro atoms. The summed E-state index contributed by atoms with van der Waals surface area (Å²) in [7, 11) is 0. The molecule has 8 heteroatoms. The van der Waals surface area contributed by atoms with Crippen LogP contribution in [0.4, 0.5) is 8.78 Å². The summed E-state index contributed by atoms with van der Waals surface area (Å²) in [6.45, 7) is 0. The normalized spacial score (nSPS) is 23.2. The van der Waals surface area contributed by atoms with Crippen molar-refractivity contribution in [3.05, 3.63) is 57.9 Å². The zero-order valence-corrected chi connectivity index (χ0v) is 16.5. The second kappa shape index (κ2) is 7.43. The van der Waals surface area contributed by atoms with Crippen molar-refractivity contribution in [1.29, 1.82) is 5.26 Å². The number of benzene rings is 2. The van der Waals surface area contributed by atoms with E-state index in [9.17, 15) is 23.6 Å². The predicted molar refractivity (Wildman–Crippen MR) is 111 cm³/mol. The first-order chi connectivity index (χ1) is 14.9. The third-order valence-corrected chi connectivity index (χ3v) is 6.51. The van der Waals surface area contributed by atoms with Crippen molar-refractivity contribution < 1.29 is 13.6 Å². The number of nitrogens with zero attached hydrogens (tertiary/aromatic N) is 1. The van der Waals surface area contributed by atoms with Gasteiger partial charge >= 0.3 is 0 Å². The molecule has 6 nitrogen and oxygen atoms in total. The third-order valence-electron chi connectivity index (χ3n) is 6.51. The molecule has 2 fully saturated rings. The number of pyridine rings is 1. The van der Waals surface area contributed by atoms with Gasteiger partial charge in [0, 0.05) is 23.2 Å². The summed E-state index contributed by atoms with van der Waals surface area (Å²) in [5.74, 6) is -1.97. The molecule has 1 aliphatic heterocycles. The van der Waals surface area contributed by atoms with Gasteiger partial charge in [0.2, 0.25) is 5.91 Å². The number of aromatic nitrogens is 1. The summed E-state index contributed by atoms with van der Waals surface area (Å²) in [5, 5.41) is 16.9. The first-order valence-corrected chi connectivity index (χ1v) is 10.3. The molecule has 2 aliphatic rings. The number of fused-ring (bicyclic) bond motifs is 5. The summed E-state index contributed by atoms with van der Waals surface area (Å²) in [6, 6.07) is 8.98. The van der Waals surface area contributed by atoms with Gasteiger partial charge in [0.25, 0.3) is 5.56 Å². The molecule has 1 saturated heterocycles. The van der Waals surface area contributed by atoms with Crippen molar-refractivity contribution in [2.45, 2.75) is 43.8 Å². The Morgan fingerprint density at radius 1 is 1.19 bits per heavy atom. The molecule has 2 bridgehead atoms. The number of carbonyl (C=O) groups excluding carboxylic acids is 1. The van der Waals surface area contributed by atoms with Gasteiger partial charge in [0.05, 0.1) is 17.6 Å². The molecule has 1 amide bonds. The Hall–Kier alpha value is -3.31. The highest BCUT2D eigenvalue weighted by Gasteiger charge is 2.43. The van der Waals surface area contributed by atoms with Crippen LogP contribution in [-0.4, -0.2) is 29.0 Å². The highest BCUT2D eigenvalue weighted by Crippen LogP contribution is 2.35. The van der Waals surface area contributed by atoms with Crippen molar-refractivity contribution >= 4 is 27.6 Å². The summed E-state index contributed by atoms with van der Waals surface area (Å²) >= 11 is 0. The van der Waals surface area contributed by atoms with Crippen molar-refractivity contribution in [2.24, 2.45) is 5.92 Å². The molecule has 3 aromatic rings. The van der Waals surface area contributed by atoms with Crippen molar-refractivity contribution in [3.8, 4) is 6.07 Å². The summed E-state index contributed by atoms with van der Waals surface area (Å²) in [5.41, 5.74) is -0.0314. The summed E-state index contributed by atoms with van der Waals surface area (Å²) < 4.78 is 27.6. The van der Waals surface area contributed by atoms with Crippen LogP contribution < -0.4 is 16.2 Å². The highest BCUT2D eigenvalue weighted by molar-refractivity contribution is 6.05. The SMILES string of the molecule is N#CC(Cc1ccc2c(c1)c(=O)[nH]c1c(F)c(F)ccc12)NC(=O)C1NC2CCC1C2. The number of aromatic amines is 1. The number of amides is 1. The van der Waals surface area contributed by atoms with Crippen LogP contribution in [0.3, 0.4) is 0 Å². The zero-order valence-electron chi connectivity index (χ0n) is 16.5. The molecule has 1 aliphatic carbocycles. The maximum Gasteiger partial charge on any atom is 0.256 e. The molecule has 1 aromatic heterocycles. The van der Waals surface area contributed by atoms with E-state index in [4.69, 9.17) is 0 Å². The van der Waals surface area contributed by atoms with Gasteiger partial charge in [-0.2, -0.15) is 5.26 Å². The number of rotatable bonds is 4. The molecular formula is C23H20F2N4O2. The van der Waals surface area contributed by atoms with E-state index in [1.54, 1.807) is 18.2 Å². The van der Waals surface area contributed by atoms with Crippen molar-refractivity contribution in [2.75, 3.05) is 0 Å². The van der Waals surface area contributed by atoms with E-state index in [1.807, 2.05) is 0 Å². The molecule has 4 atom stereocenters. The van der Waals surface area contributed by atoms with E-state index >= 15 is 0 Å². The maximum atomic E-state index is 14.1. The average molecular weight is 422 g/mol. The van der Waals surface area contributed by atoms with Crippen molar-refractivity contribution in [1.82, 2.24) is 15.6 Å². The maximum absolute atomic E-state index is 14.1. The quantitative estimate of drug-likeness (QED) is 0.563. The summed E-state index contributed by atoms with van der Waals surface area (Å²) in [6.07, 6.45) is 3.35. The van der Waals surface area contributed by atoms with Gasteiger partial charge in [-0.3, -0.25) is 9.59 Å². The largest absolute Gasteiger partial charge is 0.339 e. The van der Waals surface area contributed by atoms with Gasteiger partial charge in [-0.05, 0) is 54.3 Å². The Morgan fingerprint density at radius 3 is 2.71 bits per heavy atom. The number of nitriles is 1. The van der Waals surface area contributed by atoms with Crippen LogP contribution in [0.25, 0.3) is 21.7 Å². The summed E-state index contributed by atoms with van der Waals surface area (Å²) in [4.78, 5) is 27.5. The van der Waals surface area contributed by atoms with E-state index in [0.717, 1.165) is 25.3 Å². The van der Waals surface area contributed by atoms with Crippen LogP contribution in [-0.2, 0) is 11.2 Å². The molecule has 31 heavy (non-hydrogen) atoms. The third kappa shape index (κ3) is 3.35. The van der Waals surface area contributed by atoms with E-state index in [-0.39, 0.29) is 23.9 Å². The van der Waals surface area contributed by atoms with Gasteiger partial charge in [-0.15, -0.1) is 0 Å². The lowest BCUT2D eigenvalue weighted by Gasteiger charge is -2.23. The van der Waals surface area contributed by atoms with Crippen LogP contribution >= 0.6 is 0 Å². The van der Waals surface area contributed by atoms with Crippen molar-refractivity contribution in [3.63, 3.8) is 0 Å². The highest BCUT2D eigenvalue weighted by atomic mass is 19.2. The fourth-order valence-electron chi connectivity index (χ4n) is 5.00. The fraction of sp³-hybridized carbons (Fsp3) is 0.348. The minimum atomic E-state index is -1.10. The van der Waals surface area contributed by atoms with E-state index in [0.29, 0.717) is 33.7 Å². The molecular weight excluding hydrogens is 402 g/mol. The topological polar surface area (TPSA) is 97.8 Å². The molecule has 5 rings (SSSR count). The van der Waals surface area contributed by atoms with Crippen LogP contribution in [0.1, 0.15) is 24.8 Å². The van der Waals surface area contributed by atoms with Crippen LogP contribution in [0.5, 0.6) is 0 Å². The van der Waals surface area contributed by atoms with E-state index in [1.165, 1.54) is 6.07 Å². The standard InChI is InChI=1S/C23H20F2N4O2/c24-18-6-5-16-15-4-1-11(8-17(15)22(30)29-21(16)19(18)25)7-14(10-26)28-23(31)20-12-2-3-13(9-12)27-20/h1,4-6,8,12-14,20,27H,2-3,7,9H2,(H,28,31)(H,29,30). The molecule has 4 unspecified atom stereocenters. The molecule has 2 aromatic carbocycles. The second-order valence-electron chi connectivity index (χ2n) is 8.43. The monoisotopic (exact) mass is 422 g/mol. The lowest BCUT2D eigenvalue weighted by atomic mass is 9.98. The van der Waals surface area contributed by atoms with Gasteiger partial charge in [-0.1, -0.05) is 12.1 Å². The lowest BCUT2D eigenvalue weighted by molar-refractivity contribution is -0.124. The number of piperidine rings is 1. The Bertz CT molecular complexity index is 1310. The van der Waals surface area contributed by atoms with E-state index in [2.05, 4.69) is 21.7 Å². The Labute approximate surface area is 176 Å². The van der Waals surface area contributed by atoms with Crippen LogP contribution in [0.15, 0.2) is 35.1 Å². The molecule has 0 radical (unpaired) electrons. The number of nitrogens with one attached hydrogen (secondary N) is 3. The van der Waals surface area contributed by atoms with E-state index < -0.39 is 23.2 Å². The Morgan fingerprint density at radius 2 is 2.00 bits per heavy atom. The van der Waals surface area contributed by atoms with Gasteiger partial charge in [-0.25, -0.2) is 8.78 Å². The number of hydrogen-bond donors (Lipinski definition) is 3. The number of halogens is 2. The minimum Gasteiger partial charge on any atom is -0.339 e. The average Bonchev–Trinajstić information content (AvgIpc) is 3.40. The first kappa shape index (κ1) is 19.6. The zero-order chi connectivity index (χ0) is 21.7. The molecule has 1 saturated carbocycles. The Balaban J connectivity index is 1.41. The molecule has 3 N–H and O–H groups in total. The number of H-pyrrole nitrogens is 1. The Kier molecular flexibility index (Phi) is 4.71. The van der Waals surface area contributed by atoms with Crippen LogP contribution in [0, 0.1) is 28.9 Å². The predicted octanol–water partition coefficient (Wildman–Crippen LogP) is 2.65. The molecule has 2 heterocycles. The van der Waals surface area contributed by atoms with Crippen LogP contribution in [0.2, 0.25) is 0 Å². The number of carbonyl (C=O) groups is 1. The van der Waals surface area contributed by atoms with Gasteiger partial charge in [0.15, 0.2) is 11.6 Å².